The van der Waals surface area contributed by atoms with Gasteiger partial charge in [-0.2, -0.15) is 5.26 Å². The number of rotatable bonds is 8. The molecule has 3 aromatic rings. The molecule has 0 N–H and O–H groups in total. The second-order valence-electron chi connectivity index (χ2n) is 15.9. The number of aryl methyl sites for hydroxylation is 1. The van der Waals surface area contributed by atoms with Gasteiger partial charge in [0.25, 0.3) is 11.5 Å². The monoisotopic (exact) mass is 691 g/mol. The quantitative estimate of drug-likeness (QED) is 0.197. The van der Waals surface area contributed by atoms with Crippen molar-refractivity contribution in [2.24, 2.45) is 12.5 Å². The fraction of sp³-hybridized carbons (Fsp3) is 0.500. The fourth-order valence-electron chi connectivity index (χ4n) is 8.19. The summed E-state index contributed by atoms with van der Waals surface area (Å²) >= 11 is 0. The maximum atomic E-state index is 13.5. The highest BCUT2D eigenvalue weighted by Gasteiger charge is 2.51. The van der Waals surface area contributed by atoms with Gasteiger partial charge >= 0.3 is 0 Å². The number of fused-ring (bicyclic) bond motifs is 1. The molecule has 0 unspecified atom stereocenters. The van der Waals surface area contributed by atoms with E-state index < -0.39 is 0 Å². The van der Waals surface area contributed by atoms with Crippen LogP contribution in [0.1, 0.15) is 80.0 Å². The number of hydrogen-bond acceptors (Lipinski definition) is 7. The highest BCUT2D eigenvalue weighted by molar-refractivity contribution is 5.97. The van der Waals surface area contributed by atoms with Gasteiger partial charge in [0.05, 0.1) is 25.8 Å². The molecule has 2 aromatic carbocycles. The van der Waals surface area contributed by atoms with Crippen LogP contribution in [0, 0.1) is 30.6 Å². The Balaban J connectivity index is 1.18. The summed E-state index contributed by atoms with van der Waals surface area (Å²) in [7, 11) is 5.21. The number of carbonyl (C=O) groups excluding carboxylic acids is 1. The zero-order chi connectivity index (χ0) is 36.8. The molecule has 1 aliphatic carbocycles. The second-order valence-corrected chi connectivity index (χ2v) is 15.9. The van der Waals surface area contributed by atoms with E-state index in [0.29, 0.717) is 6.54 Å². The fourth-order valence-corrected chi connectivity index (χ4v) is 8.19. The summed E-state index contributed by atoms with van der Waals surface area (Å²) in [4.78, 5) is 33.1. The van der Waals surface area contributed by atoms with E-state index >= 15 is 0 Å². The molecule has 3 aliphatic rings. The molecule has 1 atom stereocenters. The average molecular weight is 692 g/mol. The van der Waals surface area contributed by atoms with Crippen LogP contribution in [0.5, 0.6) is 11.5 Å². The van der Waals surface area contributed by atoms with Crippen LogP contribution in [-0.2, 0) is 31.4 Å². The van der Waals surface area contributed by atoms with E-state index in [4.69, 9.17) is 9.47 Å². The Morgan fingerprint density at radius 3 is 2.33 bits per heavy atom. The Morgan fingerprint density at radius 1 is 1.04 bits per heavy atom. The number of nitrogens with zero attached hydrogens (tertiary/aromatic N) is 5. The average Bonchev–Trinajstić information content (AvgIpc) is 3.88. The Labute approximate surface area is 303 Å². The number of ether oxygens (including phenoxy) is 2. The van der Waals surface area contributed by atoms with Gasteiger partial charge in [0.1, 0.15) is 23.1 Å². The van der Waals surface area contributed by atoms with Crippen molar-refractivity contribution in [1.82, 2.24) is 19.3 Å². The third kappa shape index (κ3) is 7.09. The molecule has 1 spiro atoms. The van der Waals surface area contributed by atoms with E-state index in [0.717, 1.165) is 78.5 Å². The molecular weight excluding hydrogens is 638 g/mol. The van der Waals surface area contributed by atoms with Crippen molar-refractivity contribution in [1.29, 1.82) is 5.26 Å². The number of methoxy groups -OCH3 is 2. The minimum absolute atomic E-state index is 0.0135. The standard InChI is InChI=1S/C42H53N5O4/c1-27-28(2)39(48)44(7)24-35(27)31-19-37(50-8)36(38(20-31)51-9)25-45-17-18-46(42(26-45)14-15-42)23-30-11-10-12-33-29(3)47(16-13-34(30)33)40(49)32(22-43)21-41(4,5)6/h10-12,19-21,24,29H,13-18,23,25-26H2,1-9H3/b32-21+/t29-/m0/s1. The molecule has 3 heterocycles. The maximum Gasteiger partial charge on any atom is 0.264 e. The van der Waals surface area contributed by atoms with Gasteiger partial charge in [-0.3, -0.25) is 19.4 Å². The molecule has 1 aromatic heterocycles. The molecule has 0 bridgehead atoms. The Kier molecular flexibility index (Phi) is 9.97. The summed E-state index contributed by atoms with van der Waals surface area (Å²) in [5, 5.41) is 9.80. The lowest BCUT2D eigenvalue weighted by molar-refractivity contribution is -0.129. The molecule has 2 fully saturated rings. The van der Waals surface area contributed by atoms with Gasteiger partial charge in [0, 0.05) is 69.2 Å². The normalized spacial score (nSPS) is 19.1. The van der Waals surface area contributed by atoms with Crippen molar-refractivity contribution < 1.29 is 14.3 Å². The van der Waals surface area contributed by atoms with Crippen LogP contribution in [-0.4, -0.2) is 71.1 Å². The summed E-state index contributed by atoms with van der Waals surface area (Å²) in [6.07, 6.45) is 6.82. The van der Waals surface area contributed by atoms with E-state index in [1.54, 1.807) is 31.9 Å². The van der Waals surface area contributed by atoms with Crippen LogP contribution in [0.3, 0.4) is 0 Å². The first-order valence-electron chi connectivity index (χ1n) is 18.1. The SMILES string of the molecule is COc1cc(-c2cn(C)c(=O)c(C)c2C)cc(OC)c1CN1CCN(Cc2cccc3c2CCN(C(=O)/C(C#N)=C/C(C)(C)C)[C@H]3C)C2(CC2)C1. The van der Waals surface area contributed by atoms with E-state index in [2.05, 4.69) is 53.1 Å². The van der Waals surface area contributed by atoms with Gasteiger partial charge in [-0.05, 0) is 85.4 Å². The molecule has 0 radical (unpaired) electrons. The largest absolute Gasteiger partial charge is 0.496 e. The topological polar surface area (TPSA) is 91.0 Å². The molecule has 51 heavy (non-hydrogen) atoms. The van der Waals surface area contributed by atoms with Crippen molar-refractivity contribution in [2.45, 2.75) is 85.5 Å². The highest BCUT2D eigenvalue weighted by atomic mass is 16.5. The first-order valence-corrected chi connectivity index (χ1v) is 18.1. The first-order chi connectivity index (χ1) is 24.2. The third-order valence-corrected chi connectivity index (χ3v) is 11.3. The van der Waals surface area contributed by atoms with Crippen molar-refractivity contribution in [3.8, 4) is 28.7 Å². The number of carbonyl (C=O) groups is 1. The third-order valence-electron chi connectivity index (χ3n) is 11.3. The Morgan fingerprint density at radius 2 is 1.73 bits per heavy atom. The number of nitriles is 1. The summed E-state index contributed by atoms with van der Waals surface area (Å²) in [6, 6.07) is 12.8. The molecule has 270 valence electrons. The van der Waals surface area contributed by atoms with E-state index in [1.165, 1.54) is 29.5 Å². The zero-order valence-corrected chi connectivity index (χ0v) is 31.9. The van der Waals surface area contributed by atoms with Gasteiger partial charge in [-0.15, -0.1) is 0 Å². The highest BCUT2D eigenvalue weighted by Crippen LogP contribution is 2.47. The molecule has 6 rings (SSSR count). The molecule has 2 aliphatic heterocycles. The Bertz CT molecular complexity index is 1950. The maximum absolute atomic E-state index is 13.5. The van der Waals surface area contributed by atoms with Crippen LogP contribution < -0.4 is 15.0 Å². The lowest BCUT2D eigenvalue weighted by atomic mass is 9.88. The van der Waals surface area contributed by atoms with E-state index in [-0.39, 0.29) is 34.0 Å². The predicted octanol–water partition coefficient (Wildman–Crippen LogP) is 6.48. The number of benzene rings is 2. The number of hydrogen-bond donors (Lipinski definition) is 0. The van der Waals surface area contributed by atoms with Gasteiger partial charge in [0.2, 0.25) is 0 Å². The molecule has 1 saturated carbocycles. The van der Waals surface area contributed by atoms with Gasteiger partial charge in [-0.1, -0.05) is 45.0 Å². The first kappa shape index (κ1) is 36.4. The summed E-state index contributed by atoms with van der Waals surface area (Å²) < 4.78 is 13.6. The number of amides is 1. The van der Waals surface area contributed by atoms with Crippen LogP contribution in [0.4, 0.5) is 0 Å². The van der Waals surface area contributed by atoms with Crippen LogP contribution in [0.25, 0.3) is 11.1 Å². The zero-order valence-electron chi connectivity index (χ0n) is 31.9. The van der Waals surface area contributed by atoms with Crippen LogP contribution in [0.15, 0.2) is 53.0 Å². The second kappa shape index (κ2) is 14.0. The molecule has 9 nitrogen and oxygen atoms in total. The summed E-state index contributed by atoms with van der Waals surface area (Å²) in [6.45, 7) is 17.1. The Hall–Kier alpha value is -4.39. The van der Waals surface area contributed by atoms with Crippen molar-refractivity contribution in [3.05, 3.63) is 91.9 Å². The lowest BCUT2D eigenvalue weighted by Crippen LogP contribution is -2.54. The van der Waals surface area contributed by atoms with Crippen LogP contribution >= 0.6 is 0 Å². The van der Waals surface area contributed by atoms with E-state index in [9.17, 15) is 14.9 Å². The minimum Gasteiger partial charge on any atom is -0.496 e. The summed E-state index contributed by atoms with van der Waals surface area (Å²) in [5.74, 6) is 1.40. The van der Waals surface area contributed by atoms with E-state index in [1.807, 2.05) is 45.7 Å². The molecule has 1 saturated heterocycles. The van der Waals surface area contributed by atoms with Crippen molar-refractivity contribution in [3.63, 3.8) is 0 Å². The van der Waals surface area contributed by atoms with Crippen molar-refractivity contribution in [2.75, 3.05) is 40.4 Å². The van der Waals surface area contributed by atoms with Gasteiger partial charge in [0.15, 0.2) is 0 Å². The summed E-state index contributed by atoms with van der Waals surface area (Å²) in [5.41, 5.74) is 8.72. The number of piperazine rings is 1. The van der Waals surface area contributed by atoms with Gasteiger partial charge < -0.3 is 18.9 Å². The number of aromatic nitrogens is 1. The van der Waals surface area contributed by atoms with Gasteiger partial charge in [-0.25, -0.2) is 0 Å². The van der Waals surface area contributed by atoms with Crippen LogP contribution in [0.2, 0.25) is 0 Å². The number of pyridine rings is 1. The lowest BCUT2D eigenvalue weighted by Gasteiger charge is -2.43. The predicted molar refractivity (Wildman–Crippen MR) is 201 cm³/mol. The van der Waals surface area contributed by atoms with Crippen molar-refractivity contribution >= 4 is 5.91 Å². The molecular formula is C42H53N5O4. The molecule has 9 heteroatoms. The smallest absolute Gasteiger partial charge is 0.264 e. The number of allylic oxidation sites excluding steroid dienone is 1. The molecule has 1 amide bonds. The minimum atomic E-state index is -0.250.